The summed E-state index contributed by atoms with van der Waals surface area (Å²) in [5.41, 5.74) is 7.75. The molecule has 0 aliphatic heterocycles. The normalized spacial score (nSPS) is 10.6. The van der Waals surface area contributed by atoms with Crippen LogP contribution in [-0.2, 0) is 0 Å². The van der Waals surface area contributed by atoms with E-state index in [1.54, 1.807) is 18.2 Å². The van der Waals surface area contributed by atoms with Crippen molar-refractivity contribution in [2.75, 3.05) is 0 Å². The van der Waals surface area contributed by atoms with Crippen molar-refractivity contribution >= 4 is 21.8 Å². The average molecular weight is 471 g/mol. The molecule has 0 saturated heterocycles. The monoisotopic (exact) mass is 470 g/mol. The Hall–Kier alpha value is -5.63. The summed E-state index contributed by atoms with van der Waals surface area (Å²) in [7, 11) is 0. The lowest BCUT2D eigenvalue weighted by Crippen LogP contribution is -1.96. The van der Waals surface area contributed by atoms with E-state index in [-0.39, 0.29) is 0 Å². The Bertz CT molecular complexity index is 1930. The Kier molecular flexibility index (Phi) is 5.24. The minimum atomic E-state index is 0.462. The number of nitrogens with zero attached hydrogens (tertiary/aromatic N) is 4. The molecule has 0 saturated carbocycles. The van der Waals surface area contributed by atoms with Crippen molar-refractivity contribution in [1.82, 2.24) is 4.57 Å². The Morgan fingerprint density at radius 1 is 0.514 bits per heavy atom. The first-order valence-electron chi connectivity index (χ1n) is 11.8. The van der Waals surface area contributed by atoms with Gasteiger partial charge in [-0.3, -0.25) is 0 Å². The van der Waals surface area contributed by atoms with Gasteiger partial charge < -0.3 is 4.57 Å². The molecule has 0 spiro atoms. The van der Waals surface area contributed by atoms with Crippen LogP contribution in [0.1, 0.15) is 16.7 Å². The fourth-order valence-electron chi connectivity index (χ4n) is 5.15. The van der Waals surface area contributed by atoms with Gasteiger partial charge in [-0.15, -0.1) is 0 Å². The molecule has 1 heterocycles. The largest absolute Gasteiger partial charge is 0.309 e. The minimum Gasteiger partial charge on any atom is -0.309 e. The van der Waals surface area contributed by atoms with Gasteiger partial charge in [-0.2, -0.15) is 15.8 Å². The highest BCUT2D eigenvalue weighted by Gasteiger charge is 2.19. The third-order valence-corrected chi connectivity index (χ3v) is 6.73. The van der Waals surface area contributed by atoms with Gasteiger partial charge in [0.15, 0.2) is 0 Å². The predicted molar refractivity (Wildman–Crippen MR) is 146 cm³/mol. The van der Waals surface area contributed by atoms with E-state index in [0.29, 0.717) is 22.3 Å². The summed E-state index contributed by atoms with van der Waals surface area (Å²) in [6.45, 7) is 0. The maximum Gasteiger partial charge on any atom is 0.0998 e. The first-order valence-corrected chi connectivity index (χ1v) is 11.8. The van der Waals surface area contributed by atoms with Gasteiger partial charge in [-0.1, -0.05) is 72.8 Å². The quantitative estimate of drug-likeness (QED) is 0.265. The van der Waals surface area contributed by atoms with Gasteiger partial charge >= 0.3 is 0 Å². The smallest absolute Gasteiger partial charge is 0.0998 e. The molecule has 0 bridgehead atoms. The van der Waals surface area contributed by atoms with Crippen molar-refractivity contribution in [3.8, 4) is 46.1 Å². The van der Waals surface area contributed by atoms with Crippen LogP contribution in [0.5, 0.6) is 0 Å². The molecule has 0 amide bonds. The predicted octanol–water partition coefficient (Wildman–Crippen LogP) is 7.73. The van der Waals surface area contributed by atoms with E-state index >= 15 is 0 Å². The van der Waals surface area contributed by atoms with Gasteiger partial charge in [0, 0.05) is 33.2 Å². The van der Waals surface area contributed by atoms with Crippen LogP contribution in [0.15, 0.2) is 109 Å². The van der Waals surface area contributed by atoms with Crippen molar-refractivity contribution in [3.63, 3.8) is 0 Å². The third kappa shape index (κ3) is 3.43. The summed E-state index contributed by atoms with van der Waals surface area (Å²) in [5, 5.41) is 31.5. The summed E-state index contributed by atoms with van der Waals surface area (Å²) >= 11 is 0. The average Bonchev–Trinajstić information content (AvgIpc) is 3.30. The number of hydrogen-bond acceptors (Lipinski definition) is 3. The molecule has 4 heteroatoms. The Balaban J connectivity index is 1.77. The zero-order chi connectivity index (χ0) is 25.4. The van der Waals surface area contributed by atoms with Crippen molar-refractivity contribution in [2.45, 2.75) is 0 Å². The lowest BCUT2D eigenvalue weighted by atomic mass is 9.94. The van der Waals surface area contributed by atoms with Crippen LogP contribution in [-0.4, -0.2) is 4.57 Å². The van der Waals surface area contributed by atoms with Crippen molar-refractivity contribution in [3.05, 3.63) is 126 Å². The van der Waals surface area contributed by atoms with Crippen molar-refractivity contribution in [2.24, 2.45) is 0 Å². The molecular weight excluding hydrogens is 452 g/mol. The SMILES string of the molecule is N#Cc1ccccc1-c1cccc2c3ccc(-c4c(C#N)cccc4C#N)cc3n(-c3ccccc3)c12. The van der Waals surface area contributed by atoms with Gasteiger partial charge in [-0.05, 0) is 42.0 Å². The molecule has 0 N–H and O–H groups in total. The highest BCUT2D eigenvalue weighted by atomic mass is 15.0. The third-order valence-electron chi connectivity index (χ3n) is 6.73. The molecule has 0 radical (unpaired) electrons. The fraction of sp³-hybridized carbons (Fsp3) is 0. The van der Waals surface area contributed by atoms with E-state index in [1.807, 2.05) is 54.6 Å². The van der Waals surface area contributed by atoms with Crippen LogP contribution >= 0.6 is 0 Å². The molecular formula is C33H18N4. The second kappa shape index (κ2) is 8.86. The molecule has 6 rings (SSSR count). The highest BCUT2D eigenvalue weighted by molar-refractivity contribution is 6.14. The van der Waals surface area contributed by atoms with E-state index in [0.717, 1.165) is 44.2 Å². The molecule has 0 fully saturated rings. The molecule has 6 aromatic rings. The number of rotatable bonds is 3. The standard InChI is InChI=1S/C33H18N4/c34-19-23-8-4-5-13-27(23)29-14-7-15-30-28-17-16-22(32-24(20-35)9-6-10-25(32)21-36)18-31(28)37(33(29)30)26-11-2-1-3-12-26/h1-18H. The zero-order valence-electron chi connectivity index (χ0n) is 19.7. The molecule has 0 aliphatic rings. The topological polar surface area (TPSA) is 76.3 Å². The van der Waals surface area contributed by atoms with Gasteiger partial charge in [0.05, 0.1) is 45.9 Å². The second-order valence-electron chi connectivity index (χ2n) is 8.71. The molecule has 1 aromatic heterocycles. The van der Waals surface area contributed by atoms with Crippen LogP contribution in [0, 0.1) is 34.0 Å². The summed E-state index contributed by atoms with van der Waals surface area (Å²) in [6.07, 6.45) is 0. The highest BCUT2D eigenvalue weighted by Crippen LogP contribution is 2.40. The lowest BCUT2D eigenvalue weighted by Gasteiger charge is -2.13. The Morgan fingerprint density at radius 3 is 1.86 bits per heavy atom. The summed E-state index contributed by atoms with van der Waals surface area (Å²) in [5.74, 6) is 0. The second-order valence-corrected chi connectivity index (χ2v) is 8.71. The number of para-hydroxylation sites is 2. The molecule has 0 atom stereocenters. The first kappa shape index (κ1) is 21.9. The van der Waals surface area contributed by atoms with Gasteiger partial charge in [0.1, 0.15) is 0 Å². The van der Waals surface area contributed by atoms with Crippen LogP contribution in [0.4, 0.5) is 0 Å². The number of benzene rings is 5. The number of hydrogen-bond donors (Lipinski definition) is 0. The molecule has 170 valence electrons. The Morgan fingerprint density at radius 2 is 1.14 bits per heavy atom. The van der Waals surface area contributed by atoms with E-state index in [4.69, 9.17) is 0 Å². The number of nitriles is 3. The first-order chi connectivity index (χ1) is 18.2. The molecule has 4 nitrogen and oxygen atoms in total. The minimum absolute atomic E-state index is 0.462. The van der Waals surface area contributed by atoms with Crippen molar-refractivity contribution in [1.29, 1.82) is 15.8 Å². The van der Waals surface area contributed by atoms with Crippen LogP contribution in [0.3, 0.4) is 0 Å². The molecule has 0 aliphatic carbocycles. The van der Waals surface area contributed by atoms with Gasteiger partial charge in [0.2, 0.25) is 0 Å². The molecule has 37 heavy (non-hydrogen) atoms. The lowest BCUT2D eigenvalue weighted by molar-refractivity contribution is 1.18. The van der Waals surface area contributed by atoms with Crippen LogP contribution in [0.25, 0.3) is 49.7 Å². The van der Waals surface area contributed by atoms with E-state index in [2.05, 4.69) is 59.2 Å². The van der Waals surface area contributed by atoms with Crippen molar-refractivity contribution < 1.29 is 0 Å². The fourth-order valence-corrected chi connectivity index (χ4v) is 5.15. The van der Waals surface area contributed by atoms with Gasteiger partial charge in [0.25, 0.3) is 0 Å². The zero-order valence-corrected chi connectivity index (χ0v) is 19.7. The number of fused-ring (bicyclic) bond motifs is 3. The summed E-state index contributed by atoms with van der Waals surface area (Å²) < 4.78 is 2.21. The van der Waals surface area contributed by atoms with Crippen LogP contribution < -0.4 is 0 Å². The van der Waals surface area contributed by atoms with E-state index < -0.39 is 0 Å². The van der Waals surface area contributed by atoms with E-state index in [9.17, 15) is 15.8 Å². The molecule has 5 aromatic carbocycles. The summed E-state index contributed by atoms with van der Waals surface area (Å²) in [4.78, 5) is 0. The Labute approximate surface area is 214 Å². The maximum atomic E-state index is 9.83. The maximum absolute atomic E-state index is 9.83. The van der Waals surface area contributed by atoms with Gasteiger partial charge in [-0.25, -0.2) is 0 Å². The summed E-state index contributed by atoms with van der Waals surface area (Å²) in [6, 6.07) is 42.0. The molecule has 0 unspecified atom stereocenters. The number of aromatic nitrogens is 1. The van der Waals surface area contributed by atoms with Crippen LogP contribution in [0.2, 0.25) is 0 Å². The van der Waals surface area contributed by atoms with E-state index in [1.165, 1.54) is 0 Å².